The maximum atomic E-state index is 8.48. The average Bonchev–Trinajstić information content (AvgIpc) is 1.68. The van der Waals surface area contributed by atoms with Crippen LogP contribution in [0.5, 0.6) is 0 Å². The van der Waals surface area contributed by atoms with Gasteiger partial charge in [0.25, 0.3) is 0 Å². The van der Waals surface area contributed by atoms with E-state index in [0.717, 1.165) is 0 Å². The van der Waals surface area contributed by atoms with E-state index in [9.17, 15) is 0 Å². The van der Waals surface area contributed by atoms with E-state index in [-0.39, 0.29) is 0 Å². The first kappa shape index (κ1) is 5.03. The van der Waals surface area contributed by atoms with Crippen LogP contribution < -0.4 is 0 Å². The lowest BCUT2D eigenvalue weighted by atomic mass is 9.89. The Morgan fingerprint density at radius 3 is 1.43 bits per heavy atom. The van der Waals surface area contributed by atoms with Gasteiger partial charge in [-0.05, 0) is 0 Å². The summed E-state index contributed by atoms with van der Waals surface area (Å²) in [5, 5.41) is 25.4. The Morgan fingerprint density at radius 1 is 1.00 bits per heavy atom. The van der Waals surface area contributed by atoms with Crippen LogP contribution in [0, 0.1) is 0 Å². The van der Waals surface area contributed by atoms with Gasteiger partial charge in [0.1, 0.15) is 6.10 Å². The molecule has 0 aromatic carbocycles. The maximum absolute atomic E-state index is 8.48. The zero-order valence-corrected chi connectivity index (χ0v) is 3.78. The minimum absolute atomic E-state index is 0.321. The molecule has 1 fully saturated rings. The Balaban J connectivity index is 2.29. The van der Waals surface area contributed by atoms with E-state index in [2.05, 4.69) is 0 Å². The molecule has 42 valence electrons. The van der Waals surface area contributed by atoms with Crippen LogP contribution in [0.4, 0.5) is 0 Å². The minimum atomic E-state index is -0.889. The van der Waals surface area contributed by atoms with Crippen molar-refractivity contribution >= 4 is 0 Å². The van der Waals surface area contributed by atoms with E-state index in [1.165, 1.54) is 0 Å². The third-order valence-corrected chi connectivity index (χ3v) is 1.27. The smallest absolute Gasteiger partial charge is 0.106 e. The van der Waals surface area contributed by atoms with Crippen LogP contribution in [-0.4, -0.2) is 33.6 Å². The van der Waals surface area contributed by atoms with Crippen molar-refractivity contribution in [2.75, 3.05) is 0 Å². The highest BCUT2D eigenvalue weighted by atomic mass is 16.4. The average molecular weight is 104 g/mol. The van der Waals surface area contributed by atoms with E-state index in [1.54, 1.807) is 0 Å². The number of aliphatic hydroxyl groups is 3. The molecule has 0 heterocycles. The van der Waals surface area contributed by atoms with Gasteiger partial charge in [-0.3, -0.25) is 0 Å². The normalized spacial score (nSPS) is 51.0. The highest BCUT2D eigenvalue weighted by Crippen LogP contribution is 2.19. The van der Waals surface area contributed by atoms with Crippen molar-refractivity contribution in [2.24, 2.45) is 0 Å². The fourth-order valence-electron chi connectivity index (χ4n) is 0.587. The third kappa shape index (κ3) is 0.627. The second-order valence-corrected chi connectivity index (χ2v) is 1.86. The summed E-state index contributed by atoms with van der Waals surface area (Å²) in [5.41, 5.74) is 0. The van der Waals surface area contributed by atoms with Gasteiger partial charge in [0.2, 0.25) is 0 Å². The van der Waals surface area contributed by atoms with Gasteiger partial charge >= 0.3 is 0 Å². The first-order valence-electron chi connectivity index (χ1n) is 2.26. The fraction of sp³-hybridized carbons (Fsp3) is 1.00. The van der Waals surface area contributed by atoms with Crippen molar-refractivity contribution < 1.29 is 15.3 Å². The Morgan fingerprint density at radius 2 is 1.43 bits per heavy atom. The molecule has 1 saturated carbocycles. The van der Waals surface area contributed by atoms with Crippen LogP contribution in [0.3, 0.4) is 0 Å². The molecule has 7 heavy (non-hydrogen) atoms. The lowest BCUT2D eigenvalue weighted by Crippen LogP contribution is -2.50. The second kappa shape index (κ2) is 1.43. The monoisotopic (exact) mass is 104 g/mol. The first-order chi connectivity index (χ1) is 3.22. The SMILES string of the molecule is OC1CC(O)C1O. The number of rotatable bonds is 0. The van der Waals surface area contributed by atoms with Gasteiger partial charge in [-0.25, -0.2) is 0 Å². The molecule has 0 aliphatic heterocycles. The third-order valence-electron chi connectivity index (χ3n) is 1.27. The number of hydrogen-bond acceptors (Lipinski definition) is 3. The van der Waals surface area contributed by atoms with Crippen molar-refractivity contribution in [3.63, 3.8) is 0 Å². The lowest BCUT2D eigenvalue weighted by Gasteiger charge is -2.33. The highest BCUT2D eigenvalue weighted by Gasteiger charge is 2.36. The Kier molecular flexibility index (Phi) is 1.03. The van der Waals surface area contributed by atoms with Crippen molar-refractivity contribution in [1.29, 1.82) is 0 Å². The van der Waals surface area contributed by atoms with Gasteiger partial charge in [-0.1, -0.05) is 0 Å². The molecule has 0 aromatic heterocycles. The van der Waals surface area contributed by atoms with Crippen molar-refractivity contribution in [2.45, 2.75) is 24.7 Å². The van der Waals surface area contributed by atoms with Crippen molar-refractivity contribution in [3.05, 3.63) is 0 Å². The van der Waals surface area contributed by atoms with Crippen LogP contribution >= 0.6 is 0 Å². The number of aliphatic hydroxyl groups excluding tert-OH is 3. The van der Waals surface area contributed by atoms with Gasteiger partial charge in [0.05, 0.1) is 12.2 Å². The van der Waals surface area contributed by atoms with Crippen molar-refractivity contribution in [3.8, 4) is 0 Å². The zero-order chi connectivity index (χ0) is 5.44. The lowest BCUT2D eigenvalue weighted by molar-refractivity contribution is -0.143. The molecule has 0 radical (unpaired) electrons. The number of hydrogen-bond donors (Lipinski definition) is 3. The summed E-state index contributed by atoms with van der Waals surface area (Å²) < 4.78 is 0. The summed E-state index contributed by atoms with van der Waals surface area (Å²) in [4.78, 5) is 0. The Hall–Kier alpha value is -0.120. The molecule has 1 aliphatic carbocycles. The van der Waals surface area contributed by atoms with Crippen LogP contribution in [0.15, 0.2) is 0 Å². The first-order valence-corrected chi connectivity index (χ1v) is 2.26. The summed E-state index contributed by atoms with van der Waals surface area (Å²) in [7, 11) is 0. The van der Waals surface area contributed by atoms with Crippen LogP contribution in [-0.2, 0) is 0 Å². The second-order valence-electron chi connectivity index (χ2n) is 1.86. The van der Waals surface area contributed by atoms with E-state index >= 15 is 0 Å². The van der Waals surface area contributed by atoms with Crippen LogP contribution in [0.25, 0.3) is 0 Å². The standard InChI is InChI=1S/C4H8O3/c5-2-1-3(6)4(2)7/h2-7H,1H2. The Labute approximate surface area is 41.2 Å². The predicted octanol–water partition coefficient (Wildman–Crippen LogP) is -1.53. The molecule has 3 nitrogen and oxygen atoms in total. The molecular weight excluding hydrogens is 96.0 g/mol. The summed E-state index contributed by atoms with van der Waals surface area (Å²) in [6.45, 7) is 0. The Bertz CT molecular complexity index is 65.3. The summed E-state index contributed by atoms with van der Waals surface area (Å²) in [6, 6.07) is 0. The maximum Gasteiger partial charge on any atom is 0.106 e. The van der Waals surface area contributed by atoms with Gasteiger partial charge in [-0.15, -0.1) is 0 Å². The summed E-state index contributed by atoms with van der Waals surface area (Å²) >= 11 is 0. The molecule has 0 spiro atoms. The molecule has 3 N–H and O–H groups in total. The van der Waals surface area contributed by atoms with E-state index in [4.69, 9.17) is 15.3 Å². The largest absolute Gasteiger partial charge is 0.390 e. The van der Waals surface area contributed by atoms with Gasteiger partial charge in [0.15, 0.2) is 0 Å². The molecule has 0 bridgehead atoms. The van der Waals surface area contributed by atoms with Crippen LogP contribution in [0.2, 0.25) is 0 Å². The summed E-state index contributed by atoms with van der Waals surface area (Å²) in [6.07, 6.45) is -1.94. The molecule has 2 unspecified atom stereocenters. The van der Waals surface area contributed by atoms with Gasteiger partial charge in [0, 0.05) is 6.42 Å². The van der Waals surface area contributed by atoms with Gasteiger partial charge in [-0.2, -0.15) is 0 Å². The predicted molar refractivity (Wildman–Crippen MR) is 22.6 cm³/mol. The molecule has 1 aliphatic rings. The van der Waals surface area contributed by atoms with Crippen LogP contribution in [0.1, 0.15) is 6.42 Å². The molecule has 0 aromatic rings. The van der Waals surface area contributed by atoms with E-state index in [1.807, 2.05) is 0 Å². The van der Waals surface area contributed by atoms with Gasteiger partial charge < -0.3 is 15.3 Å². The quantitative estimate of drug-likeness (QED) is 0.349. The highest BCUT2D eigenvalue weighted by molar-refractivity contribution is 4.88. The minimum Gasteiger partial charge on any atom is -0.390 e. The molecule has 1 rings (SSSR count). The molecule has 0 amide bonds. The van der Waals surface area contributed by atoms with E-state index in [0.29, 0.717) is 6.42 Å². The molecular formula is C4H8O3. The molecule has 0 saturated heterocycles. The van der Waals surface area contributed by atoms with E-state index < -0.39 is 18.3 Å². The molecule has 2 atom stereocenters. The fourth-order valence-corrected chi connectivity index (χ4v) is 0.587. The van der Waals surface area contributed by atoms with Crippen molar-refractivity contribution in [1.82, 2.24) is 0 Å². The summed E-state index contributed by atoms with van der Waals surface area (Å²) in [5.74, 6) is 0. The zero-order valence-electron chi connectivity index (χ0n) is 3.78. The molecule has 3 heteroatoms. The topological polar surface area (TPSA) is 60.7 Å².